The number of hydrogen-bond acceptors (Lipinski definition) is 5. The second-order valence-electron chi connectivity index (χ2n) is 6.41. The van der Waals surface area contributed by atoms with Gasteiger partial charge in [0.15, 0.2) is 9.84 Å². The number of rotatable bonds is 6. The van der Waals surface area contributed by atoms with Crippen molar-refractivity contribution < 1.29 is 22.7 Å². The molecule has 10 heteroatoms. The molecule has 158 valence electrons. The van der Waals surface area contributed by atoms with E-state index in [0.29, 0.717) is 15.6 Å². The van der Waals surface area contributed by atoms with E-state index in [1.54, 1.807) is 31.2 Å². The zero-order valence-electron chi connectivity index (χ0n) is 15.8. The van der Waals surface area contributed by atoms with Crippen molar-refractivity contribution in [3.63, 3.8) is 0 Å². The minimum absolute atomic E-state index is 0.00347. The highest BCUT2D eigenvalue weighted by Gasteiger charge is 2.35. The molecule has 0 aromatic heterocycles. The lowest BCUT2D eigenvalue weighted by atomic mass is 9.95. The Labute approximate surface area is 183 Å². The third-order valence-electron chi connectivity index (χ3n) is 4.34. The normalized spacial score (nSPS) is 16.6. The number of carbonyl (C=O) groups is 2. The number of ether oxygens (including phenoxy) is 1. The number of carbonyl (C=O) groups excluding carboxylic acids is 2. The molecule has 0 saturated heterocycles. The van der Waals surface area contributed by atoms with Crippen LogP contribution in [0.2, 0.25) is 10.0 Å². The Hall–Kier alpha value is -2.55. The van der Waals surface area contributed by atoms with Gasteiger partial charge in [-0.3, -0.25) is 0 Å². The Balaban J connectivity index is 2.10. The number of benzene rings is 2. The molecule has 2 aromatic rings. The number of urea groups is 1. The van der Waals surface area contributed by atoms with Crippen LogP contribution in [0, 0.1) is 0 Å². The average molecular weight is 469 g/mol. The van der Waals surface area contributed by atoms with Gasteiger partial charge in [0.2, 0.25) is 0 Å². The fourth-order valence-electron chi connectivity index (χ4n) is 3.03. The van der Waals surface area contributed by atoms with Crippen LogP contribution in [0.3, 0.4) is 0 Å². The number of hydrogen-bond donors (Lipinski definition) is 2. The van der Waals surface area contributed by atoms with Gasteiger partial charge < -0.3 is 15.4 Å². The number of halogens is 2. The van der Waals surface area contributed by atoms with Crippen molar-refractivity contribution >= 4 is 45.0 Å². The fraction of sp³-hybridized carbons (Fsp3) is 0.200. The Morgan fingerprint density at radius 2 is 1.80 bits per heavy atom. The van der Waals surface area contributed by atoms with Gasteiger partial charge in [-0.2, -0.15) is 0 Å². The van der Waals surface area contributed by atoms with Crippen molar-refractivity contribution in [3.05, 3.63) is 75.4 Å². The molecule has 2 aromatic carbocycles. The summed E-state index contributed by atoms with van der Waals surface area (Å²) in [5.74, 6) is -1.34. The quantitative estimate of drug-likeness (QED) is 0.630. The van der Waals surface area contributed by atoms with Crippen LogP contribution in [0.4, 0.5) is 4.79 Å². The van der Waals surface area contributed by atoms with Crippen molar-refractivity contribution in [1.82, 2.24) is 10.6 Å². The minimum Gasteiger partial charge on any atom is -0.463 e. The SMILES string of the molecule is CCOC(=O)C1=C(CS(=O)(=O)c2ccc(Cl)cc2)NC(=O)N[C@@H]1c1cccc(Cl)c1. The molecule has 0 saturated carbocycles. The average Bonchev–Trinajstić information content (AvgIpc) is 2.67. The van der Waals surface area contributed by atoms with Crippen molar-refractivity contribution in [2.45, 2.75) is 17.9 Å². The number of amides is 2. The van der Waals surface area contributed by atoms with Crippen molar-refractivity contribution in [3.8, 4) is 0 Å². The smallest absolute Gasteiger partial charge is 0.338 e. The van der Waals surface area contributed by atoms with E-state index in [4.69, 9.17) is 27.9 Å². The van der Waals surface area contributed by atoms with Crippen LogP contribution in [0.1, 0.15) is 18.5 Å². The minimum atomic E-state index is -3.89. The lowest BCUT2D eigenvalue weighted by molar-refractivity contribution is -0.139. The van der Waals surface area contributed by atoms with Crippen LogP contribution in [0.5, 0.6) is 0 Å². The molecular weight excluding hydrogens is 451 g/mol. The molecule has 0 aliphatic carbocycles. The van der Waals surface area contributed by atoms with E-state index in [1.165, 1.54) is 24.3 Å². The molecule has 0 fully saturated rings. The molecule has 3 rings (SSSR count). The lowest BCUT2D eigenvalue weighted by Gasteiger charge is -2.29. The van der Waals surface area contributed by atoms with Gasteiger partial charge in [0, 0.05) is 15.7 Å². The summed E-state index contributed by atoms with van der Waals surface area (Å²) in [5.41, 5.74) is 0.454. The molecule has 0 bridgehead atoms. The summed E-state index contributed by atoms with van der Waals surface area (Å²) in [4.78, 5) is 25.0. The van der Waals surface area contributed by atoms with Gasteiger partial charge in [0.1, 0.15) is 0 Å². The molecular formula is C20H18Cl2N2O5S. The van der Waals surface area contributed by atoms with Crippen molar-refractivity contribution in [2.24, 2.45) is 0 Å². The van der Waals surface area contributed by atoms with E-state index < -0.39 is 33.6 Å². The molecule has 7 nitrogen and oxygen atoms in total. The highest BCUT2D eigenvalue weighted by atomic mass is 35.5. The van der Waals surface area contributed by atoms with Gasteiger partial charge in [-0.1, -0.05) is 35.3 Å². The molecule has 0 spiro atoms. The Kier molecular flexibility index (Phi) is 6.70. The maximum absolute atomic E-state index is 12.9. The van der Waals surface area contributed by atoms with Crippen LogP contribution in [0.15, 0.2) is 64.7 Å². The molecule has 2 amide bonds. The predicted molar refractivity (Wildman–Crippen MR) is 113 cm³/mol. The Morgan fingerprint density at radius 1 is 1.10 bits per heavy atom. The second kappa shape index (κ2) is 9.07. The molecule has 0 radical (unpaired) electrons. The first-order valence-electron chi connectivity index (χ1n) is 8.92. The van der Waals surface area contributed by atoms with Gasteiger partial charge in [0.25, 0.3) is 0 Å². The molecule has 1 heterocycles. The summed E-state index contributed by atoms with van der Waals surface area (Å²) in [6, 6.07) is 10.6. The van der Waals surface area contributed by atoms with Crippen LogP contribution in [0.25, 0.3) is 0 Å². The maximum atomic E-state index is 12.9. The summed E-state index contributed by atoms with van der Waals surface area (Å²) in [7, 11) is -3.89. The van der Waals surface area contributed by atoms with Crippen molar-refractivity contribution in [1.29, 1.82) is 0 Å². The first-order valence-corrected chi connectivity index (χ1v) is 11.3. The van der Waals surface area contributed by atoms with Gasteiger partial charge in [-0.15, -0.1) is 0 Å². The predicted octanol–water partition coefficient (Wildman–Crippen LogP) is 3.64. The third kappa shape index (κ3) is 4.95. The number of nitrogens with one attached hydrogen (secondary N) is 2. The van der Waals surface area contributed by atoms with Crippen LogP contribution in [-0.2, 0) is 19.4 Å². The number of esters is 1. The highest BCUT2D eigenvalue weighted by molar-refractivity contribution is 7.91. The molecule has 1 aliphatic rings. The van der Waals surface area contributed by atoms with Crippen LogP contribution < -0.4 is 10.6 Å². The van der Waals surface area contributed by atoms with E-state index in [1.807, 2.05) is 0 Å². The van der Waals surface area contributed by atoms with E-state index in [9.17, 15) is 18.0 Å². The van der Waals surface area contributed by atoms with E-state index >= 15 is 0 Å². The van der Waals surface area contributed by atoms with Gasteiger partial charge in [0.05, 0.1) is 28.9 Å². The summed E-state index contributed by atoms with van der Waals surface area (Å²) in [5, 5.41) is 5.87. The Morgan fingerprint density at radius 3 is 2.43 bits per heavy atom. The monoisotopic (exact) mass is 468 g/mol. The second-order valence-corrected chi connectivity index (χ2v) is 9.27. The van der Waals surface area contributed by atoms with Gasteiger partial charge in [-0.25, -0.2) is 18.0 Å². The van der Waals surface area contributed by atoms with Gasteiger partial charge in [-0.05, 0) is 48.9 Å². The zero-order chi connectivity index (χ0) is 21.9. The summed E-state index contributed by atoms with van der Waals surface area (Å²) < 4.78 is 31.0. The van der Waals surface area contributed by atoms with E-state index in [2.05, 4.69) is 10.6 Å². The van der Waals surface area contributed by atoms with Crippen LogP contribution >= 0.6 is 23.2 Å². The topological polar surface area (TPSA) is 102 Å². The molecule has 30 heavy (non-hydrogen) atoms. The third-order valence-corrected chi connectivity index (χ3v) is 6.48. The zero-order valence-corrected chi connectivity index (χ0v) is 18.1. The standard InChI is InChI=1S/C20H18Cl2N2O5S/c1-2-29-19(25)17-16(11-30(27,28)15-8-6-13(21)7-9-15)23-20(26)24-18(17)12-4-3-5-14(22)10-12/h3-10,18H,2,11H2,1H3,(H2,23,24,26)/t18-/m1/s1. The maximum Gasteiger partial charge on any atom is 0.338 e. The largest absolute Gasteiger partial charge is 0.463 e. The molecule has 2 N–H and O–H groups in total. The molecule has 1 atom stereocenters. The first-order chi connectivity index (χ1) is 14.2. The Bertz CT molecular complexity index is 1110. The van der Waals surface area contributed by atoms with Crippen LogP contribution in [-0.4, -0.2) is 32.8 Å². The fourth-order valence-corrected chi connectivity index (χ4v) is 4.68. The molecule has 0 unspecified atom stereocenters. The highest BCUT2D eigenvalue weighted by Crippen LogP contribution is 2.30. The summed E-state index contributed by atoms with van der Waals surface area (Å²) >= 11 is 11.9. The molecule has 1 aliphatic heterocycles. The van der Waals surface area contributed by atoms with E-state index in [0.717, 1.165) is 0 Å². The lowest BCUT2D eigenvalue weighted by Crippen LogP contribution is -2.47. The first kappa shape index (κ1) is 22.1. The van der Waals surface area contributed by atoms with Crippen molar-refractivity contribution in [2.75, 3.05) is 12.4 Å². The van der Waals surface area contributed by atoms with Gasteiger partial charge >= 0.3 is 12.0 Å². The summed E-state index contributed by atoms with van der Waals surface area (Å²) in [6.07, 6.45) is 0. The van der Waals surface area contributed by atoms with E-state index in [-0.39, 0.29) is 22.8 Å². The number of sulfone groups is 1. The summed E-state index contributed by atoms with van der Waals surface area (Å²) in [6.45, 7) is 1.71.